The fourth-order valence-electron chi connectivity index (χ4n) is 2.54. The summed E-state index contributed by atoms with van der Waals surface area (Å²) in [4.78, 5) is 4.80. The number of hydrogen-bond acceptors (Lipinski definition) is 5. The summed E-state index contributed by atoms with van der Waals surface area (Å²) in [5.41, 5.74) is 5.64. The number of nitrogens with two attached hydrogens (primary N) is 1. The van der Waals surface area contributed by atoms with Crippen molar-refractivity contribution >= 4 is 0 Å². The van der Waals surface area contributed by atoms with E-state index in [1.54, 1.807) is 0 Å². The lowest BCUT2D eigenvalue weighted by Crippen LogP contribution is -2.45. The molecule has 0 aromatic carbocycles. The number of likely N-dealkylation sites (tertiary alicyclic amines) is 1. The number of hydrogen-bond donors (Lipinski definition) is 1. The van der Waals surface area contributed by atoms with Crippen LogP contribution >= 0.6 is 0 Å². The van der Waals surface area contributed by atoms with Crippen LogP contribution in [0.25, 0.3) is 0 Å². The summed E-state index contributed by atoms with van der Waals surface area (Å²) in [5.74, 6) is 0. The Morgan fingerprint density at radius 2 is 2.12 bits per heavy atom. The molecule has 2 fully saturated rings. The lowest BCUT2D eigenvalue weighted by molar-refractivity contribution is 0.0185. The zero-order valence-electron chi connectivity index (χ0n) is 9.64. The maximum atomic E-state index is 8.68. The molecule has 2 heterocycles. The summed E-state index contributed by atoms with van der Waals surface area (Å²) < 4.78 is 5.35. The maximum absolute atomic E-state index is 8.68. The molecule has 0 spiro atoms. The number of rotatable bonds is 3. The molecule has 2 aliphatic heterocycles. The normalized spacial score (nSPS) is 30.1. The molecule has 0 amide bonds. The highest BCUT2D eigenvalue weighted by Gasteiger charge is 2.29. The van der Waals surface area contributed by atoms with E-state index in [0.717, 1.165) is 39.4 Å². The Morgan fingerprint density at radius 3 is 2.81 bits per heavy atom. The van der Waals surface area contributed by atoms with Crippen LogP contribution in [0, 0.1) is 11.3 Å². The first-order chi connectivity index (χ1) is 7.79. The van der Waals surface area contributed by atoms with Crippen LogP contribution in [0.2, 0.25) is 0 Å². The third-order valence-corrected chi connectivity index (χ3v) is 3.43. The fraction of sp³-hybridized carbons (Fsp3) is 0.909. The Kier molecular flexibility index (Phi) is 4.13. The lowest BCUT2D eigenvalue weighted by Gasteiger charge is -2.32. The minimum Gasteiger partial charge on any atom is -0.379 e. The van der Waals surface area contributed by atoms with Crippen LogP contribution in [0.4, 0.5) is 0 Å². The molecule has 0 aromatic rings. The lowest BCUT2D eigenvalue weighted by atomic mass is 10.2. The fourth-order valence-corrected chi connectivity index (χ4v) is 2.54. The molecule has 0 saturated carbocycles. The first-order valence-electron chi connectivity index (χ1n) is 5.99. The van der Waals surface area contributed by atoms with Gasteiger partial charge in [-0.25, -0.2) is 0 Å². The van der Waals surface area contributed by atoms with Gasteiger partial charge in [0.2, 0.25) is 0 Å². The van der Waals surface area contributed by atoms with Gasteiger partial charge in [0.1, 0.15) is 6.04 Å². The van der Waals surface area contributed by atoms with Crippen molar-refractivity contribution in [3.8, 4) is 6.07 Å². The highest BCUT2D eigenvalue weighted by molar-refractivity contribution is 4.92. The van der Waals surface area contributed by atoms with Gasteiger partial charge in [0, 0.05) is 32.2 Å². The van der Waals surface area contributed by atoms with Gasteiger partial charge in [-0.2, -0.15) is 5.26 Å². The third-order valence-electron chi connectivity index (χ3n) is 3.43. The Balaban J connectivity index is 1.76. The Bertz CT molecular complexity index is 259. The maximum Gasteiger partial charge on any atom is 0.106 e. The minimum atomic E-state index is -0.344. The van der Waals surface area contributed by atoms with Crippen LogP contribution in [0.5, 0.6) is 0 Å². The molecule has 90 valence electrons. The van der Waals surface area contributed by atoms with Crippen molar-refractivity contribution in [2.24, 2.45) is 5.73 Å². The van der Waals surface area contributed by atoms with Crippen molar-refractivity contribution in [3.63, 3.8) is 0 Å². The summed E-state index contributed by atoms with van der Waals surface area (Å²) >= 11 is 0. The SMILES string of the molecule is N#CC(N)CN1CCC(N2CCOCC2)C1. The molecule has 5 heteroatoms. The van der Waals surface area contributed by atoms with Gasteiger partial charge < -0.3 is 10.5 Å². The Labute approximate surface area is 96.7 Å². The predicted octanol–water partition coefficient (Wildman–Crippen LogP) is -0.756. The van der Waals surface area contributed by atoms with E-state index in [9.17, 15) is 0 Å². The smallest absolute Gasteiger partial charge is 0.106 e. The number of nitriles is 1. The second-order valence-electron chi connectivity index (χ2n) is 4.59. The van der Waals surface area contributed by atoms with E-state index in [4.69, 9.17) is 15.7 Å². The topological polar surface area (TPSA) is 65.5 Å². The average molecular weight is 224 g/mol. The molecule has 2 saturated heterocycles. The molecule has 0 aromatic heterocycles. The van der Waals surface area contributed by atoms with E-state index in [2.05, 4.69) is 15.9 Å². The second kappa shape index (κ2) is 5.60. The summed E-state index contributed by atoms with van der Waals surface area (Å²) in [5, 5.41) is 8.68. The minimum absolute atomic E-state index is 0.344. The summed E-state index contributed by atoms with van der Waals surface area (Å²) in [6.07, 6.45) is 1.19. The molecule has 2 atom stereocenters. The predicted molar refractivity (Wildman–Crippen MR) is 60.8 cm³/mol. The Hall–Kier alpha value is -0.670. The molecule has 2 N–H and O–H groups in total. The van der Waals surface area contributed by atoms with Crippen molar-refractivity contribution in [1.29, 1.82) is 5.26 Å². The quantitative estimate of drug-likeness (QED) is 0.683. The molecule has 16 heavy (non-hydrogen) atoms. The van der Waals surface area contributed by atoms with E-state index < -0.39 is 0 Å². The van der Waals surface area contributed by atoms with Crippen molar-refractivity contribution in [1.82, 2.24) is 9.80 Å². The monoisotopic (exact) mass is 224 g/mol. The number of morpholine rings is 1. The Morgan fingerprint density at radius 1 is 1.38 bits per heavy atom. The van der Waals surface area contributed by atoms with Gasteiger partial charge in [0.05, 0.1) is 19.3 Å². The van der Waals surface area contributed by atoms with Gasteiger partial charge in [-0.3, -0.25) is 9.80 Å². The van der Waals surface area contributed by atoms with Crippen LogP contribution in [0.3, 0.4) is 0 Å². The van der Waals surface area contributed by atoms with E-state index in [-0.39, 0.29) is 6.04 Å². The van der Waals surface area contributed by atoms with E-state index in [1.807, 2.05) is 0 Å². The van der Waals surface area contributed by atoms with Crippen LogP contribution in [0.1, 0.15) is 6.42 Å². The summed E-state index contributed by atoms with van der Waals surface area (Å²) in [7, 11) is 0. The molecule has 2 aliphatic rings. The van der Waals surface area contributed by atoms with Crippen molar-refractivity contribution in [3.05, 3.63) is 0 Å². The highest BCUT2D eigenvalue weighted by atomic mass is 16.5. The van der Waals surface area contributed by atoms with E-state index >= 15 is 0 Å². The summed E-state index contributed by atoms with van der Waals surface area (Å²) in [6, 6.07) is 2.38. The number of ether oxygens (including phenoxy) is 1. The van der Waals surface area contributed by atoms with Gasteiger partial charge in [-0.05, 0) is 13.0 Å². The molecular weight excluding hydrogens is 204 g/mol. The van der Waals surface area contributed by atoms with Gasteiger partial charge in [-0.15, -0.1) is 0 Å². The van der Waals surface area contributed by atoms with E-state index in [0.29, 0.717) is 12.6 Å². The van der Waals surface area contributed by atoms with Crippen LogP contribution in [-0.2, 0) is 4.74 Å². The largest absolute Gasteiger partial charge is 0.379 e. The standard InChI is InChI=1S/C11H20N4O/c12-7-10(13)8-14-2-1-11(9-14)15-3-5-16-6-4-15/h10-11H,1-6,8-9,13H2. The van der Waals surface area contributed by atoms with Crippen molar-refractivity contribution in [2.45, 2.75) is 18.5 Å². The van der Waals surface area contributed by atoms with E-state index in [1.165, 1.54) is 6.42 Å². The van der Waals surface area contributed by atoms with Gasteiger partial charge in [-0.1, -0.05) is 0 Å². The van der Waals surface area contributed by atoms with Crippen LogP contribution < -0.4 is 5.73 Å². The molecule has 2 unspecified atom stereocenters. The van der Waals surface area contributed by atoms with Crippen molar-refractivity contribution in [2.75, 3.05) is 45.9 Å². The van der Waals surface area contributed by atoms with Gasteiger partial charge in [0.15, 0.2) is 0 Å². The van der Waals surface area contributed by atoms with Crippen LogP contribution in [0.15, 0.2) is 0 Å². The molecule has 0 bridgehead atoms. The van der Waals surface area contributed by atoms with Crippen LogP contribution in [-0.4, -0.2) is 67.8 Å². The zero-order valence-corrected chi connectivity index (χ0v) is 9.64. The highest BCUT2D eigenvalue weighted by Crippen LogP contribution is 2.16. The average Bonchev–Trinajstić information content (AvgIpc) is 2.78. The zero-order chi connectivity index (χ0) is 11.4. The van der Waals surface area contributed by atoms with Crippen molar-refractivity contribution < 1.29 is 4.74 Å². The second-order valence-corrected chi connectivity index (χ2v) is 4.59. The summed E-state index contributed by atoms with van der Waals surface area (Å²) in [6.45, 7) is 6.62. The first-order valence-corrected chi connectivity index (χ1v) is 5.99. The molecule has 0 aliphatic carbocycles. The number of nitrogens with zero attached hydrogens (tertiary/aromatic N) is 3. The molecule has 5 nitrogen and oxygen atoms in total. The first kappa shape index (κ1) is 11.8. The van der Waals surface area contributed by atoms with Gasteiger partial charge in [0.25, 0.3) is 0 Å². The van der Waals surface area contributed by atoms with Gasteiger partial charge >= 0.3 is 0 Å². The molecular formula is C11H20N4O. The third kappa shape index (κ3) is 2.92. The molecule has 2 rings (SSSR count). The molecule has 0 radical (unpaired) electrons.